The number of hydrogen-bond donors (Lipinski definition) is 1. The van der Waals surface area contributed by atoms with Gasteiger partial charge in [-0.3, -0.25) is 0 Å². The van der Waals surface area contributed by atoms with E-state index in [1.165, 1.54) is 11.5 Å². The Balaban J connectivity index is 2.55. The lowest BCUT2D eigenvalue weighted by molar-refractivity contribution is 1.49. The van der Waals surface area contributed by atoms with Crippen LogP contribution in [0.3, 0.4) is 0 Å². The maximum Gasteiger partial charge on any atom is 0.124 e. The normalized spacial score (nSPS) is 10.3. The van der Waals surface area contributed by atoms with Crippen LogP contribution < -0.4 is 5.32 Å². The first-order valence-corrected chi connectivity index (χ1v) is 6.26. The van der Waals surface area contributed by atoms with E-state index in [1.54, 1.807) is 0 Å². The zero-order chi connectivity index (χ0) is 10.8. The van der Waals surface area contributed by atoms with Crippen molar-refractivity contribution >= 4 is 44.1 Å². The van der Waals surface area contributed by atoms with E-state index in [0.29, 0.717) is 5.02 Å². The number of rotatable bonds is 2. The first kappa shape index (κ1) is 10.9. The topological polar surface area (TPSA) is 24.9 Å². The summed E-state index contributed by atoms with van der Waals surface area (Å²) in [4.78, 5) is 0. The molecule has 2 nitrogen and oxygen atoms in total. The first-order valence-electron chi connectivity index (χ1n) is 4.32. The van der Waals surface area contributed by atoms with Crippen molar-refractivity contribution in [3.8, 4) is 11.3 Å². The van der Waals surface area contributed by atoms with Crippen LogP contribution in [0.4, 0.5) is 5.00 Å². The molecule has 0 radical (unpaired) electrons. The fourth-order valence-corrected chi connectivity index (χ4v) is 2.96. The summed E-state index contributed by atoms with van der Waals surface area (Å²) in [5.41, 5.74) is 1.83. The van der Waals surface area contributed by atoms with Gasteiger partial charge in [0.25, 0.3) is 0 Å². The molecular weight excluding hydrogens is 296 g/mol. The molecule has 15 heavy (non-hydrogen) atoms. The maximum absolute atomic E-state index is 6.11. The average molecular weight is 304 g/mol. The van der Waals surface area contributed by atoms with Gasteiger partial charge in [-0.15, -0.1) is 0 Å². The summed E-state index contributed by atoms with van der Waals surface area (Å²) >= 11 is 11.0. The van der Waals surface area contributed by atoms with Crippen LogP contribution in [-0.2, 0) is 0 Å². The van der Waals surface area contributed by atoms with Crippen LogP contribution in [-0.4, -0.2) is 11.4 Å². The smallest absolute Gasteiger partial charge is 0.124 e. The van der Waals surface area contributed by atoms with Crippen LogP contribution >= 0.6 is 39.1 Å². The van der Waals surface area contributed by atoms with E-state index < -0.39 is 0 Å². The number of halogens is 2. The molecule has 5 heteroatoms. The molecule has 0 bridgehead atoms. The number of nitrogens with one attached hydrogen (secondary N) is 1. The second-order valence-electron chi connectivity index (χ2n) is 2.90. The molecule has 78 valence electrons. The zero-order valence-electron chi connectivity index (χ0n) is 7.92. The Hall–Kier alpha value is -0.580. The molecule has 2 rings (SSSR count). The number of nitrogens with zero attached hydrogens (tertiary/aromatic N) is 1. The standard InChI is InChI=1S/C10H8BrClN2S/c1-13-10-8(11)9(14-15-10)6-4-2-3-5-7(6)12/h2-5,13H,1H3. The van der Waals surface area contributed by atoms with Crippen molar-refractivity contribution in [2.45, 2.75) is 0 Å². The SMILES string of the molecule is CNc1snc(-c2ccccc2Cl)c1Br. The van der Waals surface area contributed by atoms with Gasteiger partial charge in [-0.05, 0) is 33.5 Å². The van der Waals surface area contributed by atoms with Gasteiger partial charge in [0.15, 0.2) is 0 Å². The molecule has 1 aromatic carbocycles. The molecule has 1 N–H and O–H groups in total. The van der Waals surface area contributed by atoms with Gasteiger partial charge in [-0.25, -0.2) is 0 Å². The van der Waals surface area contributed by atoms with Crippen molar-refractivity contribution in [2.24, 2.45) is 0 Å². The monoisotopic (exact) mass is 302 g/mol. The van der Waals surface area contributed by atoms with Crippen molar-refractivity contribution in [1.82, 2.24) is 4.37 Å². The van der Waals surface area contributed by atoms with Crippen LogP contribution in [0, 0.1) is 0 Å². The van der Waals surface area contributed by atoms with Gasteiger partial charge in [-0.2, -0.15) is 4.37 Å². The summed E-state index contributed by atoms with van der Waals surface area (Å²) in [7, 11) is 1.87. The van der Waals surface area contributed by atoms with Crippen LogP contribution in [0.15, 0.2) is 28.7 Å². The third-order valence-corrected chi connectivity index (χ3v) is 4.22. The van der Waals surface area contributed by atoms with Crippen molar-refractivity contribution in [2.75, 3.05) is 12.4 Å². The third-order valence-electron chi connectivity index (χ3n) is 1.99. The molecule has 1 aromatic heterocycles. The lowest BCUT2D eigenvalue weighted by Crippen LogP contribution is -1.84. The highest BCUT2D eigenvalue weighted by Gasteiger charge is 2.13. The van der Waals surface area contributed by atoms with E-state index in [-0.39, 0.29) is 0 Å². The molecular formula is C10H8BrClN2S. The fourth-order valence-electron chi connectivity index (χ4n) is 1.26. The Kier molecular flexibility index (Phi) is 3.29. The second-order valence-corrected chi connectivity index (χ2v) is 4.88. The molecule has 0 spiro atoms. The molecule has 1 heterocycles. The summed E-state index contributed by atoms with van der Waals surface area (Å²) in [6.07, 6.45) is 0. The van der Waals surface area contributed by atoms with Gasteiger partial charge >= 0.3 is 0 Å². The van der Waals surface area contributed by atoms with E-state index in [9.17, 15) is 0 Å². The molecule has 0 aliphatic carbocycles. The minimum atomic E-state index is 0.714. The van der Waals surface area contributed by atoms with Gasteiger partial charge in [0.2, 0.25) is 0 Å². The largest absolute Gasteiger partial charge is 0.378 e. The molecule has 0 saturated heterocycles. The van der Waals surface area contributed by atoms with Crippen LogP contribution in [0.1, 0.15) is 0 Å². The zero-order valence-corrected chi connectivity index (χ0v) is 11.1. The molecule has 0 fully saturated rings. The number of aromatic nitrogens is 1. The van der Waals surface area contributed by atoms with Crippen molar-refractivity contribution < 1.29 is 0 Å². The van der Waals surface area contributed by atoms with Gasteiger partial charge in [0.05, 0.1) is 9.50 Å². The summed E-state index contributed by atoms with van der Waals surface area (Å²) < 4.78 is 5.33. The van der Waals surface area contributed by atoms with Gasteiger partial charge in [0, 0.05) is 12.6 Å². The highest BCUT2D eigenvalue weighted by Crippen LogP contribution is 2.39. The van der Waals surface area contributed by atoms with E-state index in [0.717, 1.165) is 20.7 Å². The van der Waals surface area contributed by atoms with Crippen molar-refractivity contribution in [3.05, 3.63) is 33.8 Å². The molecule has 0 aliphatic heterocycles. The predicted octanol–water partition coefficient (Wildman–Crippen LogP) is 4.27. The van der Waals surface area contributed by atoms with Gasteiger partial charge in [0.1, 0.15) is 10.7 Å². The van der Waals surface area contributed by atoms with Crippen LogP contribution in [0.5, 0.6) is 0 Å². The van der Waals surface area contributed by atoms with E-state index >= 15 is 0 Å². The minimum Gasteiger partial charge on any atom is -0.378 e. The maximum atomic E-state index is 6.11. The Morgan fingerprint density at radius 1 is 1.40 bits per heavy atom. The highest BCUT2D eigenvalue weighted by molar-refractivity contribution is 9.10. The van der Waals surface area contributed by atoms with Crippen molar-refractivity contribution in [3.63, 3.8) is 0 Å². The lowest BCUT2D eigenvalue weighted by Gasteiger charge is -2.01. The Labute approximate surface area is 106 Å². The van der Waals surface area contributed by atoms with E-state index in [2.05, 4.69) is 25.6 Å². The molecule has 0 amide bonds. The van der Waals surface area contributed by atoms with Gasteiger partial charge < -0.3 is 5.32 Å². The number of anilines is 1. The Morgan fingerprint density at radius 3 is 2.73 bits per heavy atom. The predicted molar refractivity (Wildman–Crippen MR) is 69.8 cm³/mol. The Bertz CT molecular complexity index is 484. The lowest BCUT2D eigenvalue weighted by atomic mass is 10.1. The highest BCUT2D eigenvalue weighted by atomic mass is 79.9. The summed E-state index contributed by atoms with van der Waals surface area (Å²) in [6, 6.07) is 7.68. The first-order chi connectivity index (χ1) is 7.24. The van der Waals surface area contributed by atoms with Crippen LogP contribution in [0.2, 0.25) is 5.02 Å². The quantitative estimate of drug-likeness (QED) is 0.896. The minimum absolute atomic E-state index is 0.714. The molecule has 0 unspecified atom stereocenters. The van der Waals surface area contributed by atoms with E-state index in [1.807, 2.05) is 31.3 Å². The van der Waals surface area contributed by atoms with Crippen LogP contribution in [0.25, 0.3) is 11.3 Å². The average Bonchev–Trinajstić information content (AvgIpc) is 2.60. The summed E-state index contributed by atoms with van der Waals surface area (Å²) in [5.74, 6) is 0. The fraction of sp³-hybridized carbons (Fsp3) is 0.100. The summed E-state index contributed by atoms with van der Waals surface area (Å²) in [6.45, 7) is 0. The number of hydrogen-bond acceptors (Lipinski definition) is 3. The van der Waals surface area contributed by atoms with Crippen molar-refractivity contribution in [1.29, 1.82) is 0 Å². The molecule has 0 atom stereocenters. The molecule has 2 aromatic rings. The molecule has 0 aliphatic rings. The summed E-state index contributed by atoms with van der Waals surface area (Å²) in [5, 5.41) is 4.79. The Morgan fingerprint density at radius 2 is 2.13 bits per heavy atom. The third kappa shape index (κ3) is 2.02. The molecule has 0 saturated carbocycles. The van der Waals surface area contributed by atoms with Gasteiger partial charge in [-0.1, -0.05) is 29.8 Å². The number of benzene rings is 1. The van der Waals surface area contributed by atoms with E-state index in [4.69, 9.17) is 11.6 Å². The second kappa shape index (κ2) is 4.51.